The van der Waals surface area contributed by atoms with Gasteiger partial charge in [-0.1, -0.05) is 76.8 Å². The van der Waals surface area contributed by atoms with Gasteiger partial charge in [0.1, 0.15) is 0 Å². The van der Waals surface area contributed by atoms with E-state index in [-0.39, 0.29) is 0 Å². The van der Waals surface area contributed by atoms with Crippen LogP contribution in [0.5, 0.6) is 0 Å². The fourth-order valence-corrected chi connectivity index (χ4v) is 3.90. The SMILES string of the molecule is CCC1CCCC1NC(c1ccccc1)C(CC)CC. The Balaban J connectivity index is 2.14. The summed E-state index contributed by atoms with van der Waals surface area (Å²) in [6, 6.07) is 12.3. The van der Waals surface area contributed by atoms with Crippen LogP contribution in [0.1, 0.15) is 70.9 Å². The average Bonchev–Trinajstić information content (AvgIpc) is 2.95. The van der Waals surface area contributed by atoms with Crippen LogP contribution >= 0.6 is 0 Å². The minimum absolute atomic E-state index is 0.531. The molecule has 1 nitrogen and oxygen atoms in total. The summed E-state index contributed by atoms with van der Waals surface area (Å²) in [7, 11) is 0. The van der Waals surface area contributed by atoms with Crippen LogP contribution in [0.3, 0.4) is 0 Å². The largest absolute Gasteiger partial charge is 0.307 e. The molecule has 0 bridgehead atoms. The van der Waals surface area contributed by atoms with E-state index in [1.807, 2.05) is 0 Å². The number of benzene rings is 1. The summed E-state index contributed by atoms with van der Waals surface area (Å²) in [4.78, 5) is 0. The summed E-state index contributed by atoms with van der Waals surface area (Å²) < 4.78 is 0. The Hall–Kier alpha value is -0.820. The zero-order valence-electron chi connectivity index (χ0n) is 13.4. The maximum Gasteiger partial charge on any atom is 0.0350 e. The zero-order chi connectivity index (χ0) is 14.4. The van der Waals surface area contributed by atoms with E-state index in [2.05, 4.69) is 56.4 Å². The van der Waals surface area contributed by atoms with Gasteiger partial charge in [0.25, 0.3) is 0 Å². The van der Waals surface area contributed by atoms with Crippen molar-refractivity contribution in [2.24, 2.45) is 11.8 Å². The second-order valence-electron chi connectivity index (χ2n) is 6.34. The van der Waals surface area contributed by atoms with Crippen LogP contribution < -0.4 is 5.32 Å². The maximum atomic E-state index is 4.04. The Morgan fingerprint density at radius 2 is 1.75 bits per heavy atom. The topological polar surface area (TPSA) is 12.0 Å². The Bertz CT molecular complexity index is 369. The Labute approximate surface area is 125 Å². The second kappa shape index (κ2) is 7.83. The normalized spacial score (nSPS) is 24.2. The first kappa shape index (κ1) is 15.6. The average molecular weight is 273 g/mol. The van der Waals surface area contributed by atoms with E-state index in [1.54, 1.807) is 0 Å². The highest BCUT2D eigenvalue weighted by molar-refractivity contribution is 5.20. The molecular formula is C19H31N. The van der Waals surface area contributed by atoms with Crippen molar-refractivity contribution in [2.75, 3.05) is 0 Å². The molecule has 1 aliphatic rings. The van der Waals surface area contributed by atoms with Crippen LogP contribution in [-0.2, 0) is 0 Å². The Morgan fingerprint density at radius 3 is 2.35 bits per heavy atom. The second-order valence-corrected chi connectivity index (χ2v) is 6.34. The van der Waals surface area contributed by atoms with Crippen molar-refractivity contribution in [3.8, 4) is 0 Å². The van der Waals surface area contributed by atoms with E-state index in [0.29, 0.717) is 6.04 Å². The van der Waals surface area contributed by atoms with Gasteiger partial charge < -0.3 is 5.32 Å². The van der Waals surface area contributed by atoms with E-state index < -0.39 is 0 Å². The number of hydrogen-bond donors (Lipinski definition) is 1. The van der Waals surface area contributed by atoms with Gasteiger partial charge in [0.2, 0.25) is 0 Å². The van der Waals surface area contributed by atoms with Crippen LogP contribution in [0.4, 0.5) is 0 Å². The highest BCUT2D eigenvalue weighted by Gasteiger charge is 2.30. The third-order valence-corrected chi connectivity index (χ3v) is 5.26. The predicted molar refractivity (Wildman–Crippen MR) is 87.8 cm³/mol. The van der Waals surface area contributed by atoms with E-state index >= 15 is 0 Å². The van der Waals surface area contributed by atoms with Gasteiger partial charge in [-0.3, -0.25) is 0 Å². The maximum absolute atomic E-state index is 4.04. The predicted octanol–water partition coefficient (Wildman–Crippen LogP) is 5.33. The fraction of sp³-hybridized carbons (Fsp3) is 0.684. The summed E-state index contributed by atoms with van der Waals surface area (Å²) in [6.07, 6.45) is 8.02. The lowest BCUT2D eigenvalue weighted by Crippen LogP contribution is -2.38. The summed E-state index contributed by atoms with van der Waals surface area (Å²) in [5.74, 6) is 1.63. The molecule has 1 saturated carbocycles. The molecule has 2 rings (SSSR count). The standard InChI is InChI=1S/C19H31N/c1-4-15(5-2)19(17-11-8-7-9-12-17)20-18-14-10-13-16(18)6-3/h7-9,11-12,15-16,18-20H,4-6,10,13-14H2,1-3H3. The van der Waals surface area contributed by atoms with Crippen LogP contribution in [-0.4, -0.2) is 6.04 Å². The van der Waals surface area contributed by atoms with Crippen molar-refractivity contribution in [1.82, 2.24) is 5.32 Å². The monoisotopic (exact) mass is 273 g/mol. The number of hydrogen-bond acceptors (Lipinski definition) is 1. The molecule has 1 N–H and O–H groups in total. The number of rotatable bonds is 7. The lowest BCUT2D eigenvalue weighted by atomic mass is 9.87. The third-order valence-electron chi connectivity index (χ3n) is 5.26. The molecule has 0 radical (unpaired) electrons. The first-order valence-electron chi connectivity index (χ1n) is 8.61. The van der Waals surface area contributed by atoms with E-state index in [1.165, 1.54) is 44.1 Å². The zero-order valence-corrected chi connectivity index (χ0v) is 13.4. The summed E-state index contributed by atoms with van der Waals surface area (Å²) in [6.45, 7) is 7.01. The number of nitrogens with one attached hydrogen (secondary N) is 1. The Kier molecular flexibility index (Phi) is 6.09. The van der Waals surface area contributed by atoms with Crippen LogP contribution in [0.15, 0.2) is 30.3 Å². The molecule has 1 fully saturated rings. The van der Waals surface area contributed by atoms with Gasteiger partial charge in [0, 0.05) is 12.1 Å². The van der Waals surface area contributed by atoms with Crippen molar-refractivity contribution in [3.05, 3.63) is 35.9 Å². The van der Waals surface area contributed by atoms with Gasteiger partial charge >= 0.3 is 0 Å². The van der Waals surface area contributed by atoms with Gasteiger partial charge in [-0.15, -0.1) is 0 Å². The first-order valence-corrected chi connectivity index (χ1v) is 8.61. The van der Waals surface area contributed by atoms with Crippen molar-refractivity contribution in [3.63, 3.8) is 0 Å². The lowest BCUT2D eigenvalue weighted by Gasteiger charge is -2.32. The highest BCUT2D eigenvalue weighted by Crippen LogP contribution is 2.34. The molecule has 0 heterocycles. The molecule has 20 heavy (non-hydrogen) atoms. The molecule has 0 spiro atoms. The molecule has 1 aromatic rings. The molecule has 0 amide bonds. The summed E-state index contributed by atoms with van der Waals surface area (Å²) >= 11 is 0. The molecule has 1 aromatic carbocycles. The van der Waals surface area contributed by atoms with Crippen molar-refractivity contribution in [1.29, 1.82) is 0 Å². The minimum atomic E-state index is 0.531. The van der Waals surface area contributed by atoms with Gasteiger partial charge in [-0.25, -0.2) is 0 Å². The highest BCUT2D eigenvalue weighted by atomic mass is 15.0. The van der Waals surface area contributed by atoms with Crippen molar-refractivity contribution in [2.45, 2.75) is 71.4 Å². The third kappa shape index (κ3) is 3.63. The molecular weight excluding hydrogens is 242 g/mol. The van der Waals surface area contributed by atoms with Gasteiger partial charge in [0.15, 0.2) is 0 Å². The lowest BCUT2D eigenvalue weighted by molar-refractivity contribution is 0.275. The van der Waals surface area contributed by atoms with Crippen molar-refractivity contribution < 1.29 is 0 Å². The minimum Gasteiger partial charge on any atom is -0.307 e. The molecule has 1 heteroatoms. The smallest absolute Gasteiger partial charge is 0.0350 e. The molecule has 0 saturated heterocycles. The van der Waals surface area contributed by atoms with E-state index in [9.17, 15) is 0 Å². The summed E-state index contributed by atoms with van der Waals surface area (Å²) in [5.41, 5.74) is 1.47. The first-order chi connectivity index (χ1) is 9.80. The van der Waals surface area contributed by atoms with Crippen LogP contribution in [0, 0.1) is 11.8 Å². The van der Waals surface area contributed by atoms with Gasteiger partial charge in [-0.2, -0.15) is 0 Å². The van der Waals surface area contributed by atoms with Gasteiger partial charge in [-0.05, 0) is 30.2 Å². The molecule has 3 atom stereocenters. The van der Waals surface area contributed by atoms with Crippen LogP contribution in [0.25, 0.3) is 0 Å². The molecule has 3 unspecified atom stereocenters. The summed E-state index contributed by atoms with van der Waals surface area (Å²) in [5, 5.41) is 4.04. The van der Waals surface area contributed by atoms with Gasteiger partial charge in [0.05, 0.1) is 0 Å². The molecule has 0 aromatic heterocycles. The van der Waals surface area contributed by atoms with Crippen molar-refractivity contribution >= 4 is 0 Å². The molecule has 112 valence electrons. The van der Waals surface area contributed by atoms with E-state index in [0.717, 1.165) is 17.9 Å². The Morgan fingerprint density at radius 1 is 1.05 bits per heavy atom. The fourth-order valence-electron chi connectivity index (χ4n) is 3.90. The molecule has 1 aliphatic carbocycles. The van der Waals surface area contributed by atoms with E-state index in [4.69, 9.17) is 0 Å². The molecule has 0 aliphatic heterocycles. The quantitative estimate of drug-likeness (QED) is 0.708. The van der Waals surface area contributed by atoms with Crippen LogP contribution in [0.2, 0.25) is 0 Å².